The summed E-state index contributed by atoms with van der Waals surface area (Å²) in [6, 6.07) is 9.41. The van der Waals surface area contributed by atoms with Crippen LogP contribution >= 0.6 is 0 Å². The van der Waals surface area contributed by atoms with E-state index >= 15 is 0 Å². The van der Waals surface area contributed by atoms with Gasteiger partial charge in [0.15, 0.2) is 0 Å². The van der Waals surface area contributed by atoms with Crippen molar-refractivity contribution in [2.75, 3.05) is 4.90 Å². The lowest BCUT2D eigenvalue weighted by Crippen LogP contribution is -2.65. The molecule has 1 saturated carbocycles. The lowest BCUT2D eigenvalue weighted by atomic mass is 9.76. The van der Waals surface area contributed by atoms with Crippen LogP contribution < -0.4 is 10.2 Å². The van der Waals surface area contributed by atoms with Crippen molar-refractivity contribution in [3.05, 3.63) is 67.4 Å². The van der Waals surface area contributed by atoms with Gasteiger partial charge in [0, 0.05) is 66.0 Å². The largest absolute Gasteiger partial charge is 0.353 e. The van der Waals surface area contributed by atoms with Crippen LogP contribution in [0, 0.1) is 17.2 Å². The molecule has 2 saturated heterocycles. The second-order valence-electron chi connectivity index (χ2n) is 10.1. The Bertz CT molecular complexity index is 1530. The zero-order valence-corrected chi connectivity index (χ0v) is 20.9. The summed E-state index contributed by atoms with van der Waals surface area (Å²) in [7, 11) is 1.89. The number of piperidine rings is 1. The molecule has 0 aromatic carbocycles. The van der Waals surface area contributed by atoms with Crippen LogP contribution in [-0.2, 0) is 11.8 Å². The van der Waals surface area contributed by atoms with E-state index in [1.165, 1.54) is 0 Å². The van der Waals surface area contributed by atoms with Crippen LogP contribution in [0.4, 0.5) is 5.82 Å². The molecular formula is C28H28N8O. The second-order valence-corrected chi connectivity index (χ2v) is 10.1. The third-order valence-corrected chi connectivity index (χ3v) is 7.65. The van der Waals surface area contributed by atoms with Gasteiger partial charge in [0.25, 0.3) is 0 Å². The summed E-state index contributed by atoms with van der Waals surface area (Å²) < 4.78 is 3.52. The number of amides is 1. The number of pyridine rings is 2. The Morgan fingerprint density at radius 3 is 2.59 bits per heavy atom. The molecule has 1 aliphatic carbocycles. The number of nitrogens with zero attached hydrogens (tertiary/aromatic N) is 7. The molecule has 4 aromatic rings. The number of hydrogen-bond acceptors (Lipinski definition) is 6. The number of hydrogen-bond donors (Lipinski definition) is 1. The number of carbonyl (C=O) groups is 1. The molecule has 186 valence electrons. The summed E-state index contributed by atoms with van der Waals surface area (Å²) in [5.41, 5.74) is 5.04. The van der Waals surface area contributed by atoms with Gasteiger partial charge < -0.3 is 10.2 Å². The number of carbonyl (C=O) groups excluding carboxylic acids is 1. The Morgan fingerprint density at radius 1 is 1.14 bits per heavy atom. The van der Waals surface area contributed by atoms with Crippen molar-refractivity contribution in [3.8, 4) is 28.3 Å². The summed E-state index contributed by atoms with van der Waals surface area (Å²) in [4.78, 5) is 19.5. The topological polar surface area (TPSA) is 104 Å². The smallest absolute Gasteiger partial charge is 0.226 e. The normalized spacial score (nSPS) is 21.2. The van der Waals surface area contributed by atoms with Crippen molar-refractivity contribution in [1.82, 2.24) is 29.7 Å². The van der Waals surface area contributed by atoms with E-state index in [0.29, 0.717) is 17.6 Å². The van der Waals surface area contributed by atoms with Crippen molar-refractivity contribution >= 4 is 17.2 Å². The number of rotatable bonds is 6. The molecule has 0 spiro atoms. The lowest BCUT2D eigenvalue weighted by molar-refractivity contribution is -0.124. The molecule has 3 fully saturated rings. The van der Waals surface area contributed by atoms with Crippen molar-refractivity contribution < 1.29 is 4.79 Å². The molecule has 9 nitrogen and oxygen atoms in total. The third-order valence-electron chi connectivity index (χ3n) is 7.65. The zero-order valence-electron chi connectivity index (χ0n) is 20.9. The third kappa shape index (κ3) is 3.95. The van der Waals surface area contributed by atoms with Crippen LogP contribution in [0.15, 0.2) is 61.8 Å². The SMILES string of the molecule is C=CC(C)C(=O)NC1CC2CC(C1)N2c1ccc(-c2cc(-c3cnn(C)c3)cn3ncc(C#N)c23)cn1. The molecule has 6 heterocycles. The first-order valence-electron chi connectivity index (χ1n) is 12.5. The minimum atomic E-state index is -0.177. The predicted octanol–water partition coefficient (Wildman–Crippen LogP) is 3.72. The zero-order chi connectivity index (χ0) is 25.7. The van der Waals surface area contributed by atoms with E-state index < -0.39 is 0 Å². The van der Waals surface area contributed by atoms with Gasteiger partial charge in [-0.05, 0) is 37.5 Å². The summed E-state index contributed by atoms with van der Waals surface area (Å²) in [5, 5.41) is 21.6. The quantitative estimate of drug-likeness (QED) is 0.412. The van der Waals surface area contributed by atoms with Gasteiger partial charge in [-0.2, -0.15) is 15.5 Å². The highest BCUT2D eigenvalue weighted by Gasteiger charge is 2.46. The summed E-state index contributed by atoms with van der Waals surface area (Å²) in [5.74, 6) is 0.818. The van der Waals surface area contributed by atoms with Gasteiger partial charge in [-0.15, -0.1) is 6.58 Å². The Kier molecular flexibility index (Phi) is 5.52. The van der Waals surface area contributed by atoms with Crippen LogP contribution in [0.3, 0.4) is 0 Å². The van der Waals surface area contributed by atoms with E-state index in [2.05, 4.69) is 51.3 Å². The maximum atomic E-state index is 12.3. The Morgan fingerprint density at radius 2 is 1.95 bits per heavy atom. The number of aryl methyl sites for hydroxylation is 1. The molecule has 3 unspecified atom stereocenters. The van der Waals surface area contributed by atoms with Crippen LogP contribution in [0.5, 0.6) is 0 Å². The molecule has 1 N–H and O–H groups in total. The van der Waals surface area contributed by atoms with Crippen LogP contribution in [0.1, 0.15) is 31.7 Å². The molecule has 2 bridgehead atoms. The summed E-state index contributed by atoms with van der Waals surface area (Å²) in [6.07, 6.45) is 13.8. The summed E-state index contributed by atoms with van der Waals surface area (Å²) in [6.45, 7) is 5.59. The van der Waals surface area contributed by atoms with E-state index in [-0.39, 0.29) is 17.9 Å². The van der Waals surface area contributed by atoms with E-state index in [1.807, 2.05) is 38.8 Å². The van der Waals surface area contributed by atoms with Gasteiger partial charge in [-0.1, -0.05) is 13.0 Å². The number of nitriles is 1. The van der Waals surface area contributed by atoms with E-state index in [1.54, 1.807) is 21.5 Å². The molecular weight excluding hydrogens is 464 g/mol. The average Bonchev–Trinajstić information content (AvgIpc) is 3.54. The van der Waals surface area contributed by atoms with Gasteiger partial charge in [0.05, 0.1) is 29.4 Å². The first kappa shape index (κ1) is 23.0. The minimum absolute atomic E-state index is 0.0479. The fourth-order valence-electron chi connectivity index (χ4n) is 5.66. The van der Waals surface area contributed by atoms with Crippen LogP contribution in [0.25, 0.3) is 27.8 Å². The first-order valence-corrected chi connectivity index (χ1v) is 12.5. The highest BCUT2D eigenvalue weighted by atomic mass is 16.1. The first-order chi connectivity index (χ1) is 17.9. The fourth-order valence-corrected chi connectivity index (χ4v) is 5.66. The Labute approximate surface area is 215 Å². The maximum absolute atomic E-state index is 12.3. The van der Waals surface area contributed by atoms with Gasteiger partial charge in [0.1, 0.15) is 11.9 Å². The average molecular weight is 493 g/mol. The molecule has 7 rings (SSSR count). The van der Waals surface area contributed by atoms with Crippen molar-refractivity contribution in [1.29, 1.82) is 5.26 Å². The van der Waals surface area contributed by atoms with Gasteiger partial charge in [-0.25, -0.2) is 9.50 Å². The van der Waals surface area contributed by atoms with E-state index in [0.717, 1.165) is 52.9 Å². The molecule has 0 radical (unpaired) electrons. The predicted molar refractivity (Wildman–Crippen MR) is 141 cm³/mol. The Hall–Kier alpha value is -4.45. The van der Waals surface area contributed by atoms with E-state index in [4.69, 9.17) is 4.98 Å². The van der Waals surface area contributed by atoms with Gasteiger partial charge in [0.2, 0.25) is 5.91 Å². The standard InChI is InChI=1S/C28H28N8O/c1-4-17(2)28(37)33-22-8-23-10-24(9-22)36(23)26-6-5-18(12-30-26)25-7-19(21-14-31-34(3)15-21)16-35-27(25)20(11-29)13-32-35/h4-7,12-17,22-24H,1,8-10H2,2-3H3,(H,33,37). The molecule has 2 aliphatic heterocycles. The monoisotopic (exact) mass is 492 g/mol. The molecule has 3 aliphatic rings. The molecule has 4 aromatic heterocycles. The van der Waals surface area contributed by atoms with E-state index in [9.17, 15) is 10.1 Å². The van der Waals surface area contributed by atoms with Crippen LogP contribution in [-0.4, -0.2) is 48.4 Å². The number of nitrogens with one attached hydrogen (secondary N) is 1. The Balaban J connectivity index is 1.27. The molecule has 37 heavy (non-hydrogen) atoms. The molecule has 9 heteroatoms. The molecule has 1 amide bonds. The minimum Gasteiger partial charge on any atom is -0.353 e. The number of aromatic nitrogens is 5. The van der Waals surface area contributed by atoms with Crippen LogP contribution in [0.2, 0.25) is 0 Å². The summed E-state index contributed by atoms with van der Waals surface area (Å²) >= 11 is 0. The second kappa shape index (κ2) is 8.89. The number of anilines is 1. The van der Waals surface area contributed by atoms with Crippen molar-refractivity contribution in [2.24, 2.45) is 13.0 Å². The fraction of sp³-hybridized carbons (Fsp3) is 0.321. The lowest BCUT2D eigenvalue weighted by Gasteiger charge is -2.56. The van der Waals surface area contributed by atoms with Crippen molar-refractivity contribution in [2.45, 2.75) is 44.3 Å². The van der Waals surface area contributed by atoms with Gasteiger partial charge in [-0.3, -0.25) is 9.48 Å². The van der Waals surface area contributed by atoms with Gasteiger partial charge >= 0.3 is 0 Å². The molecule has 3 atom stereocenters. The maximum Gasteiger partial charge on any atom is 0.226 e. The number of fused-ring (bicyclic) bond motifs is 3. The highest BCUT2D eigenvalue weighted by Crippen LogP contribution is 2.42. The van der Waals surface area contributed by atoms with Crippen molar-refractivity contribution in [3.63, 3.8) is 0 Å². The highest BCUT2D eigenvalue weighted by molar-refractivity contribution is 5.87.